The maximum Gasteiger partial charge on any atom is 0.262 e. The maximum atomic E-state index is 13.0. The van der Waals surface area contributed by atoms with Crippen molar-refractivity contribution in [1.29, 1.82) is 0 Å². The second-order valence-corrected chi connectivity index (χ2v) is 9.21. The summed E-state index contributed by atoms with van der Waals surface area (Å²) in [6.07, 6.45) is 0. The summed E-state index contributed by atoms with van der Waals surface area (Å²) in [6, 6.07) is 16.7. The first-order chi connectivity index (χ1) is 14.2. The zero-order valence-corrected chi connectivity index (χ0v) is 17.8. The molecule has 0 unspecified atom stereocenters. The van der Waals surface area contributed by atoms with E-state index in [1.807, 2.05) is 12.1 Å². The summed E-state index contributed by atoms with van der Waals surface area (Å²) in [5, 5.41) is 7.10. The predicted octanol–water partition coefficient (Wildman–Crippen LogP) is 4.62. The number of sulfonamides is 1. The van der Waals surface area contributed by atoms with Crippen LogP contribution in [0.15, 0.2) is 65.6 Å². The highest BCUT2D eigenvalue weighted by Crippen LogP contribution is 2.30. The average Bonchev–Trinajstić information content (AvgIpc) is 2.73. The largest absolute Gasteiger partial charge is 0.388 e. The highest BCUT2D eigenvalue weighted by Gasteiger charge is 2.27. The molecule has 0 heterocycles. The number of hydrogen-bond acceptors (Lipinski definition) is 4. The van der Waals surface area contributed by atoms with Crippen LogP contribution in [-0.4, -0.2) is 28.0 Å². The minimum absolute atomic E-state index is 0.166. The Morgan fingerprint density at radius 2 is 1.53 bits per heavy atom. The van der Waals surface area contributed by atoms with E-state index in [-0.39, 0.29) is 4.90 Å². The summed E-state index contributed by atoms with van der Waals surface area (Å²) in [5.74, 6) is -0.450. The molecule has 0 radical (unpaired) electrons. The molecule has 3 aromatic rings. The number of alkyl halides is 1. The Hall–Kier alpha value is -3.13. The lowest BCUT2D eigenvalue weighted by Crippen LogP contribution is -2.32. The number of hydrogen-bond donors (Lipinski definition) is 3. The molecule has 30 heavy (non-hydrogen) atoms. The standard InChI is InChI=1S/C22H24FN3O3S/c1-22(2,14-23)21(27)25-15-10-12-16(13-11-15)26-30(28,29)20-9-5-6-17-18(20)7-4-8-19(17)24-3/h4-13,24,26H,14H2,1-3H3,(H,25,27). The highest BCUT2D eigenvalue weighted by molar-refractivity contribution is 7.93. The fourth-order valence-corrected chi connectivity index (χ4v) is 4.21. The first-order valence-corrected chi connectivity index (χ1v) is 10.9. The number of rotatable bonds is 7. The van der Waals surface area contributed by atoms with Gasteiger partial charge in [0.05, 0.1) is 10.3 Å². The topological polar surface area (TPSA) is 87.3 Å². The second-order valence-electron chi connectivity index (χ2n) is 7.56. The van der Waals surface area contributed by atoms with Gasteiger partial charge < -0.3 is 10.6 Å². The summed E-state index contributed by atoms with van der Waals surface area (Å²) in [6.45, 7) is 2.24. The maximum absolute atomic E-state index is 13.0. The fourth-order valence-electron chi connectivity index (χ4n) is 2.93. The van der Waals surface area contributed by atoms with E-state index in [4.69, 9.17) is 0 Å². The number of benzene rings is 3. The Labute approximate surface area is 175 Å². The lowest BCUT2D eigenvalue weighted by Gasteiger charge is -2.19. The van der Waals surface area contributed by atoms with E-state index in [0.29, 0.717) is 16.8 Å². The molecular formula is C22H24FN3O3S. The van der Waals surface area contributed by atoms with Crippen LogP contribution in [0.2, 0.25) is 0 Å². The lowest BCUT2D eigenvalue weighted by atomic mass is 9.94. The van der Waals surface area contributed by atoms with E-state index in [1.165, 1.54) is 13.8 Å². The molecule has 0 bridgehead atoms. The number of nitrogens with one attached hydrogen (secondary N) is 3. The van der Waals surface area contributed by atoms with Crippen molar-refractivity contribution >= 4 is 43.8 Å². The monoisotopic (exact) mass is 429 g/mol. The van der Waals surface area contributed by atoms with Gasteiger partial charge in [0, 0.05) is 34.9 Å². The third-order valence-corrected chi connectivity index (χ3v) is 6.22. The zero-order chi connectivity index (χ0) is 21.9. The summed E-state index contributed by atoms with van der Waals surface area (Å²) >= 11 is 0. The van der Waals surface area contributed by atoms with Crippen molar-refractivity contribution in [3.05, 3.63) is 60.7 Å². The van der Waals surface area contributed by atoms with E-state index < -0.39 is 28.0 Å². The van der Waals surface area contributed by atoms with Gasteiger partial charge in [0.1, 0.15) is 6.67 Å². The van der Waals surface area contributed by atoms with Crippen LogP contribution in [0.4, 0.5) is 21.5 Å². The quantitative estimate of drug-likeness (QED) is 0.512. The van der Waals surface area contributed by atoms with Gasteiger partial charge in [-0.15, -0.1) is 0 Å². The molecule has 1 amide bonds. The molecule has 0 aliphatic heterocycles. The van der Waals surface area contributed by atoms with Gasteiger partial charge in [-0.1, -0.05) is 24.3 Å². The van der Waals surface area contributed by atoms with Crippen LogP contribution < -0.4 is 15.4 Å². The molecule has 3 aromatic carbocycles. The molecule has 6 nitrogen and oxygen atoms in total. The van der Waals surface area contributed by atoms with Crippen molar-refractivity contribution in [3.63, 3.8) is 0 Å². The number of halogens is 1. The van der Waals surface area contributed by atoms with Crippen molar-refractivity contribution in [2.75, 3.05) is 29.1 Å². The lowest BCUT2D eigenvalue weighted by molar-refractivity contribution is -0.124. The molecule has 8 heteroatoms. The third kappa shape index (κ3) is 4.38. The molecule has 0 aliphatic carbocycles. The molecule has 0 aliphatic rings. The zero-order valence-electron chi connectivity index (χ0n) is 17.0. The minimum Gasteiger partial charge on any atom is -0.388 e. The van der Waals surface area contributed by atoms with Crippen LogP contribution in [0.3, 0.4) is 0 Å². The smallest absolute Gasteiger partial charge is 0.262 e. The first kappa shape index (κ1) is 21.6. The number of carbonyl (C=O) groups is 1. The van der Waals surface area contributed by atoms with Gasteiger partial charge in [0.25, 0.3) is 10.0 Å². The van der Waals surface area contributed by atoms with Crippen LogP contribution in [0.5, 0.6) is 0 Å². The van der Waals surface area contributed by atoms with Crippen LogP contribution in [-0.2, 0) is 14.8 Å². The molecule has 0 atom stereocenters. The molecule has 158 valence electrons. The SMILES string of the molecule is CNc1cccc2c(S(=O)(=O)Nc3ccc(NC(=O)C(C)(C)CF)cc3)cccc12. The number of anilines is 3. The van der Waals surface area contributed by atoms with Crippen molar-refractivity contribution in [2.45, 2.75) is 18.7 Å². The van der Waals surface area contributed by atoms with E-state index in [9.17, 15) is 17.6 Å². The highest BCUT2D eigenvalue weighted by atomic mass is 32.2. The van der Waals surface area contributed by atoms with Gasteiger partial charge >= 0.3 is 0 Å². The number of carbonyl (C=O) groups excluding carboxylic acids is 1. The van der Waals surface area contributed by atoms with E-state index >= 15 is 0 Å². The number of amides is 1. The summed E-state index contributed by atoms with van der Waals surface area (Å²) in [4.78, 5) is 12.2. The molecule has 0 saturated heterocycles. The summed E-state index contributed by atoms with van der Waals surface area (Å²) in [7, 11) is -2.06. The summed E-state index contributed by atoms with van der Waals surface area (Å²) < 4.78 is 41.5. The van der Waals surface area contributed by atoms with Crippen molar-refractivity contribution in [3.8, 4) is 0 Å². The summed E-state index contributed by atoms with van der Waals surface area (Å²) in [5.41, 5.74) is 0.495. The van der Waals surface area contributed by atoms with Crippen molar-refractivity contribution < 1.29 is 17.6 Å². The van der Waals surface area contributed by atoms with Gasteiger partial charge in [-0.2, -0.15) is 0 Å². The van der Waals surface area contributed by atoms with Gasteiger partial charge in [0.2, 0.25) is 5.91 Å². The normalized spacial score (nSPS) is 11.9. The van der Waals surface area contributed by atoms with Gasteiger partial charge in [0.15, 0.2) is 0 Å². The van der Waals surface area contributed by atoms with Crippen LogP contribution in [0, 0.1) is 5.41 Å². The molecule has 3 rings (SSSR count). The molecule has 0 aromatic heterocycles. The van der Waals surface area contributed by atoms with E-state index in [0.717, 1.165) is 11.1 Å². The van der Waals surface area contributed by atoms with Crippen molar-refractivity contribution in [1.82, 2.24) is 0 Å². The second kappa shape index (κ2) is 8.31. The van der Waals surface area contributed by atoms with Crippen LogP contribution >= 0.6 is 0 Å². The first-order valence-electron chi connectivity index (χ1n) is 9.38. The third-order valence-electron chi connectivity index (χ3n) is 4.78. The van der Waals surface area contributed by atoms with E-state index in [2.05, 4.69) is 15.4 Å². The Bertz CT molecular complexity index is 1180. The van der Waals surface area contributed by atoms with Crippen molar-refractivity contribution in [2.24, 2.45) is 5.41 Å². The molecule has 0 spiro atoms. The Kier molecular flexibility index (Phi) is 5.98. The molecule has 0 fully saturated rings. The number of fused-ring (bicyclic) bond motifs is 1. The Morgan fingerprint density at radius 1 is 0.933 bits per heavy atom. The molecular weight excluding hydrogens is 405 g/mol. The van der Waals surface area contributed by atoms with Crippen LogP contribution in [0.1, 0.15) is 13.8 Å². The molecule has 0 saturated carbocycles. The Morgan fingerprint density at radius 3 is 2.17 bits per heavy atom. The van der Waals surface area contributed by atoms with Gasteiger partial charge in [-0.3, -0.25) is 9.52 Å². The van der Waals surface area contributed by atoms with Gasteiger partial charge in [-0.25, -0.2) is 12.8 Å². The Balaban J connectivity index is 1.85. The fraction of sp³-hybridized carbons (Fsp3) is 0.227. The van der Waals surface area contributed by atoms with Gasteiger partial charge in [-0.05, 0) is 50.2 Å². The average molecular weight is 430 g/mol. The van der Waals surface area contributed by atoms with E-state index in [1.54, 1.807) is 55.6 Å². The minimum atomic E-state index is -3.84. The predicted molar refractivity (Wildman–Crippen MR) is 119 cm³/mol. The van der Waals surface area contributed by atoms with Crippen LogP contribution in [0.25, 0.3) is 10.8 Å². The molecule has 3 N–H and O–H groups in total.